The average Bonchev–Trinajstić information content (AvgIpc) is 2.43. The SMILES string of the molecule is Cn1nnc(Br)c1C(=O)CNCC(F)(F)F. The second kappa shape index (κ2) is 4.91. The molecule has 0 aliphatic rings. The first kappa shape index (κ1) is 13.1. The van der Waals surface area contributed by atoms with Crippen LogP contribution in [-0.4, -0.2) is 40.0 Å². The molecule has 0 fully saturated rings. The number of nitrogens with zero attached hydrogens (tertiary/aromatic N) is 3. The molecule has 1 heterocycles. The first-order chi connectivity index (χ1) is 7.31. The number of aryl methyl sites for hydroxylation is 1. The maximum absolute atomic E-state index is 11.8. The Labute approximate surface area is 97.1 Å². The number of rotatable bonds is 4. The molecule has 0 saturated carbocycles. The van der Waals surface area contributed by atoms with E-state index in [0.717, 1.165) is 0 Å². The summed E-state index contributed by atoms with van der Waals surface area (Å²) < 4.78 is 36.8. The Bertz CT molecular complexity index is 370. The predicted molar refractivity (Wildman–Crippen MR) is 52.0 cm³/mol. The molecular weight excluding hydrogens is 293 g/mol. The molecule has 16 heavy (non-hydrogen) atoms. The largest absolute Gasteiger partial charge is 0.401 e. The number of alkyl halides is 3. The van der Waals surface area contributed by atoms with E-state index in [1.807, 2.05) is 5.32 Å². The summed E-state index contributed by atoms with van der Waals surface area (Å²) in [6, 6.07) is 0. The number of ketones is 1. The molecule has 0 spiro atoms. The van der Waals surface area contributed by atoms with Crippen molar-refractivity contribution in [2.45, 2.75) is 6.18 Å². The maximum atomic E-state index is 11.8. The van der Waals surface area contributed by atoms with Crippen molar-refractivity contribution in [2.75, 3.05) is 13.1 Å². The molecule has 1 aromatic rings. The zero-order valence-corrected chi connectivity index (χ0v) is 9.76. The number of nitrogens with one attached hydrogen (secondary N) is 1. The number of aromatic nitrogens is 3. The topological polar surface area (TPSA) is 59.8 Å². The maximum Gasteiger partial charge on any atom is 0.401 e. The quantitative estimate of drug-likeness (QED) is 0.840. The number of hydrogen-bond acceptors (Lipinski definition) is 4. The lowest BCUT2D eigenvalue weighted by Gasteiger charge is -2.07. The van der Waals surface area contributed by atoms with Crippen LogP contribution in [0.4, 0.5) is 13.2 Å². The van der Waals surface area contributed by atoms with Gasteiger partial charge in [0.25, 0.3) is 0 Å². The van der Waals surface area contributed by atoms with Crippen molar-refractivity contribution < 1.29 is 18.0 Å². The van der Waals surface area contributed by atoms with Gasteiger partial charge >= 0.3 is 6.18 Å². The molecule has 0 atom stereocenters. The molecule has 0 radical (unpaired) electrons. The van der Waals surface area contributed by atoms with Crippen LogP contribution in [0.25, 0.3) is 0 Å². The fourth-order valence-electron chi connectivity index (χ4n) is 1.03. The highest BCUT2D eigenvalue weighted by Gasteiger charge is 2.27. The third kappa shape index (κ3) is 3.56. The number of Topliss-reactive ketones (excluding diaryl/α,β-unsaturated/α-hetero) is 1. The lowest BCUT2D eigenvalue weighted by atomic mass is 10.3. The van der Waals surface area contributed by atoms with E-state index in [9.17, 15) is 18.0 Å². The first-order valence-corrected chi connectivity index (χ1v) is 4.96. The highest BCUT2D eigenvalue weighted by Crippen LogP contribution is 2.13. The van der Waals surface area contributed by atoms with Crippen LogP contribution in [0.2, 0.25) is 0 Å². The van der Waals surface area contributed by atoms with Crippen molar-refractivity contribution in [3.8, 4) is 0 Å². The van der Waals surface area contributed by atoms with Crippen LogP contribution in [0.15, 0.2) is 4.60 Å². The van der Waals surface area contributed by atoms with Crippen LogP contribution in [0.5, 0.6) is 0 Å². The minimum atomic E-state index is -4.33. The summed E-state index contributed by atoms with van der Waals surface area (Å²) in [5, 5.41) is 9.10. The molecule has 0 saturated heterocycles. The molecule has 0 aliphatic heterocycles. The van der Waals surface area contributed by atoms with Crippen LogP contribution in [-0.2, 0) is 7.05 Å². The summed E-state index contributed by atoms with van der Waals surface area (Å²) in [5.41, 5.74) is 0.134. The van der Waals surface area contributed by atoms with E-state index in [-0.39, 0.29) is 10.3 Å². The van der Waals surface area contributed by atoms with Gasteiger partial charge in [0.15, 0.2) is 10.4 Å². The Hall–Kier alpha value is -0.960. The van der Waals surface area contributed by atoms with Crippen LogP contribution >= 0.6 is 15.9 Å². The molecule has 90 valence electrons. The molecule has 1 rings (SSSR count). The van der Waals surface area contributed by atoms with Crippen molar-refractivity contribution in [2.24, 2.45) is 7.05 Å². The lowest BCUT2D eigenvalue weighted by Crippen LogP contribution is -2.33. The van der Waals surface area contributed by atoms with Crippen molar-refractivity contribution in [1.82, 2.24) is 20.3 Å². The number of halogens is 4. The monoisotopic (exact) mass is 300 g/mol. The Morgan fingerprint density at radius 1 is 1.56 bits per heavy atom. The zero-order chi connectivity index (χ0) is 12.3. The van der Waals surface area contributed by atoms with Crippen LogP contribution in [0.1, 0.15) is 10.5 Å². The van der Waals surface area contributed by atoms with E-state index in [2.05, 4.69) is 26.2 Å². The molecular formula is C7H8BrF3N4O. The Balaban J connectivity index is 2.54. The van der Waals surface area contributed by atoms with E-state index in [4.69, 9.17) is 0 Å². The van der Waals surface area contributed by atoms with E-state index in [0.29, 0.717) is 0 Å². The van der Waals surface area contributed by atoms with Crippen molar-refractivity contribution in [3.05, 3.63) is 10.3 Å². The van der Waals surface area contributed by atoms with Gasteiger partial charge in [-0.05, 0) is 15.9 Å². The van der Waals surface area contributed by atoms with Crippen LogP contribution in [0.3, 0.4) is 0 Å². The van der Waals surface area contributed by atoms with Crippen molar-refractivity contribution >= 4 is 21.7 Å². The average molecular weight is 301 g/mol. The van der Waals surface area contributed by atoms with Gasteiger partial charge in [-0.1, -0.05) is 5.21 Å². The minimum Gasteiger partial charge on any atom is -0.301 e. The number of hydrogen-bond donors (Lipinski definition) is 1. The normalized spacial score (nSPS) is 11.8. The molecule has 0 bridgehead atoms. The Morgan fingerprint density at radius 3 is 2.62 bits per heavy atom. The lowest BCUT2D eigenvalue weighted by molar-refractivity contribution is -0.124. The summed E-state index contributed by atoms with van der Waals surface area (Å²) in [6.07, 6.45) is -4.33. The number of carbonyl (C=O) groups is 1. The van der Waals surface area contributed by atoms with Gasteiger partial charge in [-0.15, -0.1) is 5.10 Å². The van der Waals surface area contributed by atoms with Crippen LogP contribution in [0, 0.1) is 0 Å². The molecule has 1 N–H and O–H groups in total. The minimum absolute atomic E-state index is 0.134. The van der Waals surface area contributed by atoms with Gasteiger partial charge in [-0.25, -0.2) is 4.68 Å². The molecule has 0 amide bonds. The van der Waals surface area contributed by atoms with Gasteiger partial charge in [0.1, 0.15) is 5.69 Å². The summed E-state index contributed by atoms with van der Waals surface area (Å²) in [7, 11) is 1.48. The summed E-state index contributed by atoms with van der Waals surface area (Å²) >= 11 is 2.98. The molecule has 0 aliphatic carbocycles. The Morgan fingerprint density at radius 2 is 2.19 bits per heavy atom. The van der Waals surface area contributed by atoms with E-state index < -0.39 is 25.0 Å². The third-order valence-electron chi connectivity index (χ3n) is 1.66. The molecule has 0 unspecified atom stereocenters. The molecule has 9 heteroatoms. The zero-order valence-electron chi connectivity index (χ0n) is 8.18. The van der Waals surface area contributed by atoms with Gasteiger partial charge in [0.05, 0.1) is 13.1 Å². The predicted octanol–water partition coefficient (Wildman–Crippen LogP) is 0.912. The first-order valence-electron chi connectivity index (χ1n) is 4.17. The van der Waals surface area contributed by atoms with Gasteiger partial charge in [-0.3, -0.25) is 4.79 Å². The smallest absolute Gasteiger partial charge is 0.301 e. The van der Waals surface area contributed by atoms with Crippen molar-refractivity contribution in [1.29, 1.82) is 0 Å². The van der Waals surface area contributed by atoms with E-state index in [1.54, 1.807) is 0 Å². The van der Waals surface area contributed by atoms with Gasteiger partial charge in [-0.2, -0.15) is 13.2 Å². The summed E-state index contributed by atoms with van der Waals surface area (Å²) in [6.45, 7) is -1.62. The Kier molecular flexibility index (Phi) is 4.03. The fraction of sp³-hybridized carbons (Fsp3) is 0.571. The molecule has 0 aromatic carbocycles. The van der Waals surface area contributed by atoms with Gasteiger partial charge in [0.2, 0.25) is 0 Å². The van der Waals surface area contributed by atoms with Crippen LogP contribution < -0.4 is 5.32 Å². The third-order valence-corrected chi connectivity index (χ3v) is 2.19. The summed E-state index contributed by atoms with van der Waals surface area (Å²) in [4.78, 5) is 11.5. The van der Waals surface area contributed by atoms with Gasteiger partial charge in [0, 0.05) is 7.05 Å². The molecule has 5 nitrogen and oxygen atoms in total. The summed E-state index contributed by atoms with van der Waals surface area (Å²) in [5.74, 6) is -0.511. The van der Waals surface area contributed by atoms with E-state index in [1.165, 1.54) is 11.7 Å². The standard InChI is InChI=1S/C7H8BrF3N4O/c1-15-5(6(8)13-14-15)4(16)2-12-3-7(9,10)11/h12H,2-3H2,1H3. The highest BCUT2D eigenvalue weighted by molar-refractivity contribution is 9.10. The van der Waals surface area contributed by atoms with E-state index >= 15 is 0 Å². The number of carbonyl (C=O) groups excluding carboxylic acids is 1. The fourth-order valence-corrected chi connectivity index (χ4v) is 1.58. The van der Waals surface area contributed by atoms with Crippen molar-refractivity contribution in [3.63, 3.8) is 0 Å². The molecule has 1 aromatic heterocycles. The highest BCUT2D eigenvalue weighted by atomic mass is 79.9. The second-order valence-corrected chi connectivity index (χ2v) is 3.75. The second-order valence-electron chi connectivity index (χ2n) is 2.99. The van der Waals surface area contributed by atoms with Gasteiger partial charge < -0.3 is 5.32 Å².